The molecule has 1 aromatic rings. The van der Waals surface area contributed by atoms with Gasteiger partial charge in [-0.3, -0.25) is 4.90 Å². The summed E-state index contributed by atoms with van der Waals surface area (Å²) >= 11 is 0. The number of halogens is 1. The number of ether oxygens (including phenoxy) is 1. The van der Waals surface area contributed by atoms with Crippen LogP contribution in [-0.4, -0.2) is 74.8 Å². The summed E-state index contributed by atoms with van der Waals surface area (Å²) in [6.45, 7) is 13.2. The summed E-state index contributed by atoms with van der Waals surface area (Å²) in [6, 6.07) is 8.90. The van der Waals surface area contributed by atoms with E-state index in [1.807, 2.05) is 0 Å². The number of likely N-dealkylation sites (tertiary alicyclic amines) is 1. The molecule has 0 saturated carbocycles. The molecule has 2 aliphatic heterocycles. The van der Waals surface area contributed by atoms with Crippen LogP contribution in [0.25, 0.3) is 0 Å². The number of morpholine rings is 1. The number of guanidine groups is 1. The third-order valence-electron chi connectivity index (χ3n) is 5.94. The van der Waals surface area contributed by atoms with Crippen molar-refractivity contribution in [3.63, 3.8) is 0 Å². The van der Waals surface area contributed by atoms with Crippen molar-refractivity contribution in [1.82, 2.24) is 20.4 Å². The summed E-state index contributed by atoms with van der Waals surface area (Å²) < 4.78 is 5.43. The van der Waals surface area contributed by atoms with E-state index in [4.69, 9.17) is 9.73 Å². The molecule has 3 rings (SSSR count). The normalized spacial score (nSPS) is 18.8. The second kappa shape index (κ2) is 15.8. The Balaban J connectivity index is 0.00000341. The van der Waals surface area contributed by atoms with E-state index in [-0.39, 0.29) is 24.0 Å². The number of rotatable bonds is 9. The second-order valence-corrected chi connectivity index (χ2v) is 8.44. The van der Waals surface area contributed by atoms with E-state index >= 15 is 0 Å². The Morgan fingerprint density at radius 2 is 1.58 bits per heavy atom. The van der Waals surface area contributed by atoms with E-state index in [0.29, 0.717) is 6.54 Å². The third-order valence-corrected chi connectivity index (χ3v) is 5.94. The zero-order chi connectivity index (χ0) is 20.9. The molecule has 2 saturated heterocycles. The van der Waals surface area contributed by atoms with Crippen LogP contribution in [0.4, 0.5) is 0 Å². The molecule has 2 aliphatic rings. The molecule has 1 aromatic carbocycles. The quantitative estimate of drug-likeness (QED) is 0.216. The lowest BCUT2D eigenvalue weighted by Gasteiger charge is -2.26. The minimum absolute atomic E-state index is 0. The Morgan fingerprint density at radius 1 is 0.903 bits per heavy atom. The van der Waals surface area contributed by atoms with Gasteiger partial charge in [-0.25, -0.2) is 4.99 Å². The van der Waals surface area contributed by atoms with Crippen molar-refractivity contribution < 1.29 is 4.74 Å². The first-order chi connectivity index (χ1) is 14.8. The molecular weight excluding hydrogens is 501 g/mol. The molecular formula is C24H42IN5O. The molecule has 176 valence electrons. The van der Waals surface area contributed by atoms with Crippen molar-refractivity contribution in [2.24, 2.45) is 4.99 Å². The van der Waals surface area contributed by atoms with Crippen LogP contribution in [0.2, 0.25) is 0 Å². The fourth-order valence-electron chi connectivity index (χ4n) is 4.15. The highest BCUT2D eigenvalue weighted by molar-refractivity contribution is 14.0. The number of aliphatic imine (C=N–C) groups is 1. The summed E-state index contributed by atoms with van der Waals surface area (Å²) in [7, 11) is 0. The predicted octanol–water partition coefficient (Wildman–Crippen LogP) is 3.46. The number of hydrogen-bond donors (Lipinski definition) is 2. The number of benzene rings is 1. The van der Waals surface area contributed by atoms with Crippen LogP contribution in [0.5, 0.6) is 0 Å². The van der Waals surface area contributed by atoms with E-state index in [0.717, 1.165) is 51.9 Å². The topological polar surface area (TPSA) is 52.1 Å². The van der Waals surface area contributed by atoms with Crippen molar-refractivity contribution in [3.8, 4) is 0 Å². The maximum atomic E-state index is 5.43. The average Bonchev–Trinajstić information content (AvgIpc) is 3.05. The zero-order valence-corrected chi connectivity index (χ0v) is 21.6. The van der Waals surface area contributed by atoms with Crippen LogP contribution in [0, 0.1) is 0 Å². The van der Waals surface area contributed by atoms with Gasteiger partial charge in [0, 0.05) is 32.7 Å². The molecule has 2 heterocycles. The minimum Gasteiger partial charge on any atom is -0.379 e. The highest BCUT2D eigenvalue weighted by Gasteiger charge is 2.10. The standard InChI is InChI=1S/C24H41N5O.HI/c1-2-25-24(26-12-7-15-28-13-5-3-4-6-14-28)27-20-22-8-10-23(11-9-22)21-29-16-18-30-19-17-29;/h8-11H,2-7,12-21H2,1H3,(H2,25,26,27);1H. The first-order valence-electron chi connectivity index (χ1n) is 12.0. The van der Waals surface area contributed by atoms with Gasteiger partial charge in [0.1, 0.15) is 0 Å². The lowest BCUT2D eigenvalue weighted by Crippen LogP contribution is -2.39. The van der Waals surface area contributed by atoms with Crippen LogP contribution in [0.1, 0.15) is 50.2 Å². The Morgan fingerprint density at radius 3 is 2.26 bits per heavy atom. The second-order valence-electron chi connectivity index (χ2n) is 8.44. The maximum Gasteiger partial charge on any atom is 0.191 e. The van der Waals surface area contributed by atoms with Crippen molar-refractivity contribution >= 4 is 29.9 Å². The van der Waals surface area contributed by atoms with Crippen LogP contribution in [0.15, 0.2) is 29.3 Å². The van der Waals surface area contributed by atoms with Crippen LogP contribution < -0.4 is 10.6 Å². The van der Waals surface area contributed by atoms with E-state index in [1.165, 1.54) is 62.9 Å². The zero-order valence-electron chi connectivity index (χ0n) is 19.3. The minimum atomic E-state index is 0. The number of nitrogens with zero attached hydrogens (tertiary/aromatic N) is 3. The number of hydrogen-bond acceptors (Lipinski definition) is 4. The maximum absolute atomic E-state index is 5.43. The smallest absolute Gasteiger partial charge is 0.191 e. The molecule has 7 heteroatoms. The average molecular weight is 544 g/mol. The SMILES string of the molecule is CCNC(=NCc1ccc(CN2CCOCC2)cc1)NCCCN1CCCCCC1.I. The third kappa shape index (κ3) is 10.5. The van der Waals surface area contributed by atoms with E-state index < -0.39 is 0 Å². The highest BCUT2D eigenvalue weighted by atomic mass is 127. The molecule has 31 heavy (non-hydrogen) atoms. The Bertz CT molecular complexity index is 611. The van der Waals surface area contributed by atoms with Crippen molar-refractivity contribution in [1.29, 1.82) is 0 Å². The predicted molar refractivity (Wildman–Crippen MR) is 140 cm³/mol. The molecule has 0 radical (unpaired) electrons. The van der Waals surface area contributed by atoms with Gasteiger partial charge in [-0.2, -0.15) is 0 Å². The Hall–Kier alpha value is -0.900. The lowest BCUT2D eigenvalue weighted by atomic mass is 10.1. The van der Waals surface area contributed by atoms with Gasteiger partial charge in [0.2, 0.25) is 0 Å². The molecule has 0 bridgehead atoms. The van der Waals surface area contributed by atoms with Crippen molar-refractivity contribution in [2.75, 3.05) is 59.0 Å². The monoisotopic (exact) mass is 543 g/mol. The molecule has 0 aromatic heterocycles. The molecule has 0 atom stereocenters. The van der Waals surface area contributed by atoms with Gasteiger partial charge in [0.25, 0.3) is 0 Å². The van der Waals surface area contributed by atoms with Gasteiger partial charge in [-0.15, -0.1) is 24.0 Å². The molecule has 2 fully saturated rings. The first-order valence-corrected chi connectivity index (χ1v) is 12.0. The van der Waals surface area contributed by atoms with Gasteiger partial charge >= 0.3 is 0 Å². The molecule has 0 aliphatic carbocycles. The van der Waals surface area contributed by atoms with Crippen LogP contribution in [-0.2, 0) is 17.8 Å². The first kappa shape index (κ1) is 26.4. The summed E-state index contributed by atoms with van der Waals surface area (Å²) in [5.74, 6) is 0.922. The van der Waals surface area contributed by atoms with Gasteiger partial charge in [0.15, 0.2) is 5.96 Å². The number of nitrogens with one attached hydrogen (secondary N) is 2. The summed E-state index contributed by atoms with van der Waals surface area (Å²) in [4.78, 5) is 9.86. The summed E-state index contributed by atoms with van der Waals surface area (Å²) in [5.41, 5.74) is 2.62. The molecule has 6 nitrogen and oxygen atoms in total. The van der Waals surface area contributed by atoms with E-state index in [2.05, 4.69) is 51.6 Å². The van der Waals surface area contributed by atoms with Gasteiger partial charge in [0.05, 0.1) is 19.8 Å². The largest absolute Gasteiger partial charge is 0.379 e. The molecule has 0 unspecified atom stereocenters. The van der Waals surface area contributed by atoms with Crippen molar-refractivity contribution in [2.45, 2.75) is 52.1 Å². The van der Waals surface area contributed by atoms with Gasteiger partial charge in [-0.05, 0) is 56.9 Å². The van der Waals surface area contributed by atoms with Crippen LogP contribution >= 0.6 is 24.0 Å². The molecule has 0 spiro atoms. The van der Waals surface area contributed by atoms with Gasteiger partial charge < -0.3 is 20.3 Å². The van der Waals surface area contributed by atoms with E-state index in [9.17, 15) is 0 Å². The summed E-state index contributed by atoms with van der Waals surface area (Å²) in [5, 5.41) is 6.88. The van der Waals surface area contributed by atoms with Crippen LogP contribution in [0.3, 0.4) is 0 Å². The Kier molecular flexibility index (Phi) is 13.5. The summed E-state index contributed by atoms with van der Waals surface area (Å²) in [6.07, 6.45) is 6.70. The highest BCUT2D eigenvalue weighted by Crippen LogP contribution is 2.11. The molecule has 0 amide bonds. The lowest BCUT2D eigenvalue weighted by molar-refractivity contribution is 0.0342. The van der Waals surface area contributed by atoms with E-state index in [1.54, 1.807) is 0 Å². The van der Waals surface area contributed by atoms with Crippen molar-refractivity contribution in [3.05, 3.63) is 35.4 Å². The Labute approximate surface area is 206 Å². The molecule has 2 N–H and O–H groups in total. The van der Waals surface area contributed by atoms with Gasteiger partial charge in [-0.1, -0.05) is 37.1 Å². The fraction of sp³-hybridized carbons (Fsp3) is 0.708. The fourth-order valence-corrected chi connectivity index (χ4v) is 4.15.